The van der Waals surface area contributed by atoms with Gasteiger partial charge in [0.1, 0.15) is 12.1 Å². The van der Waals surface area contributed by atoms with Gasteiger partial charge in [0, 0.05) is 10.9 Å². The van der Waals surface area contributed by atoms with Gasteiger partial charge in [-0.15, -0.1) is 11.3 Å². The van der Waals surface area contributed by atoms with Gasteiger partial charge in [0.15, 0.2) is 5.13 Å². The number of nitrogens with zero attached hydrogens (tertiary/aromatic N) is 2. The van der Waals surface area contributed by atoms with E-state index < -0.39 is 17.5 Å². The number of aromatic nitrogens is 1. The second-order valence-corrected chi connectivity index (χ2v) is 6.92. The monoisotopic (exact) mass is 372 g/mol. The van der Waals surface area contributed by atoms with E-state index in [1.165, 1.54) is 11.3 Å². The predicted molar refractivity (Wildman–Crippen MR) is 99.7 cm³/mol. The van der Waals surface area contributed by atoms with Crippen LogP contribution in [0.3, 0.4) is 0 Å². The maximum atomic E-state index is 12.5. The predicted octanol–water partition coefficient (Wildman–Crippen LogP) is 2.86. The zero-order chi connectivity index (χ0) is 18.7. The largest absolute Gasteiger partial charge is 0.325 e. The average Bonchev–Trinajstić information content (AvgIpc) is 3.21. The summed E-state index contributed by atoms with van der Waals surface area (Å²) in [4.78, 5) is 42.2. The van der Waals surface area contributed by atoms with E-state index in [1.807, 2.05) is 49.6 Å². The number of amides is 4. The Morgan fingerprint density at radius 2 is 1.92 bits per heavy atom. The lowest BCUT2D eigenvalue weighted by Crippen LogP contribution is -2.46. The van der Waals surface area contributed by atoms with Gasteiger partial charge in [-0.25, -0.2) is 9.78 Å². The molecular formula is C18H20N4O3S. The fourth-order valence-corrected chi connectivity index (χ4v) is 3.66. The fraction of sp³-hybridized carbons (Fsp3) is 0.333. The SMILES string of the molecule is CCC1(CC)NC(=O)N(CC(=O)Nc2nc(-c3ccccc3)cs2)C1=O. The highest BCUT2D eigenvalue weighted by atomic mass is 32.1. The summed E-state index contributed by atoms with van der Waals surface area (Å²) in [5, 5.41) is 7.64. The Balaban J connectivity index is 1.66. The molecule has 2 N–H and O–H groups in total. The minimum atomic E-state index is -0.904. The molecule has 0 spiro atoms. The van der Waals surface area contributed by atoms with Crippen molar-refractivity contribution in [3.8, 4) is 11.3 Å². The zero-order valence-corrected chi connectivity index (χ0v) is 15.4. The number of benzene rings is 1. The van der Waals surface area contributed by atoms with Crippen LogP contribution in [0.15, 0.2) is 35.7 Å². The van der Waals surface area contributed by atoms with Crippen LogP contribution in [0.1, 0.15) is 26.7 Å². The van der Waals surface area contributed by atoms with E-state index in [4.69, 9.17) is 0 Å². The second-order valence-electron chi connectivity index (χ2n) is 6.06. The molecule has 0 aliphatic carbocycles. The quantitative estimate of drug-likeness (QED) is 0.763. The minimum Gasteiger partial charge on any atom is -0.323 e. The molecule has 2 heterocycles. The number of nitrogens with one attached hydrogen (secondary N) is 2. The standard InChI is InChI=1S/C18H20N4O3S/c1-3-18(4-2)15(24)22(17(25)21-18)10-14(23)20-16-19-13(11-26-16)12-8-6-5-7-9-12/h5-9,11H,3-4,10H2,1-2H3,(H,21,25)(H,19,20,23). The molecule has 4 amide bonds. The number of carbonyl (C=O) groups excluding carboxylic acids is 3. The number of thiazole rings is 1. The number of carbonyl (C=O) groups is 3. The highest BCUT2D eigenvalue weighted by Crippen LogP contribution is 2.26. The molecule has 3 rings (SSSR count). The molecule has 0 bridgehead atoms. The first-order valence-electron chi connectivity index (χ1n) is 8.44. The van der Waals surface area contributed by atoms with Gasteiger partial charge in [-0.3, -0.25) is 14.5 Å². The summed E-state index contributed by atoms with van der Waals surface area (Å²) >= 11 is 1.29. The van der Waals surface area contributed by atoms with Crippen molar-refractivity contribution >= 4 is 34.3 Å². The third-order valence-electron chi connectivity index (χ3n) is 4.57. The summed E-state index contributed by atoms with van der Waals surface area (Å²) in [7, 11) is 0. The maximum Gasteiger partial charge on any atom is 0.325 e. The highest BCUT2D eigenvalue weighted by molar-refractivity contribution is 7.14. The molecule has 0 unspecified atom stereocenters. The molecule has 0 radical (unpaired) electrons. The van der Waals surface area contributed by atoms with Gasteiger partial charge < -0.3 is 10.6 Å². The zero-order valence-electron chi connectivity index (χ0n) is 14.6. The molecule has 7 nitrogen and oxygen atoms in total. The molecule has 1 fully saturated rings. The van der Waals surface area contributed by atoms with Crippen molar-refractivity contribution in [2.24, 2.45) is 0 Å². The number of hydrogen-bond acceptors (Lipinski definition) is 5. The van der Waals surface area contributed by atoms with Crippen LogP contribution in [0.4, 0.5) is 9.93 Å². The molecule has 136 valence electrons. The summed E-state index contributed by atoms with van der Waals surface area (Å²) in [5.41, 5.74) is 0.810. The summed E-state index contributed by atoms with van der Waals surface area (Å²) in [5.74, 6) is -0.808. The van der Waals surface area contributed by atoms with Gasteiger partial charge in [0.05, 0.1) is 5.69 Å². The Morgan fingerprint density at radius 3 is 2.54 bits per heavy atom. The van der Waals surface area contributed by atoms with E-state index in [1.54, 1.807) is 0 Å². The Bertz CT molecular complexity index is 830. The van der Waals surface area contributed by atoms with E-state index in [0.717, 1.165) is 16.2 Å². The van der Waals surface area contributed by atoms with Gasteiger partial charge >= 0.3 is 6.03 Å². The molecule has 0 saturated carbocycles. The fourth-order valence-electron chi connectivity index (χ4n) is 2.92. The average molecular weight is 372 g/mol. The third-order valence-corrected chi connectivity index (χ3v) is 5.33. The summed E-state index contributed by atoms with van der Waals surface area (Å²) in [6.07, 6.45) is 0.970. The maximum absolute atomic E-state index is 12.5. The lowest BCUT2D eigenvalue weighted by molar-refractivity contribution is -0.134. The van der Waals surface area contributed by atoms with Crippen molar-refractivity contribution < 1.29 is 14.4 Å². The summed E-state index contributed by atoms with van der Waals surface area (Å²) < 4.78 is 0. The molecular weight excluding hydrogens is 352 g/mol. The van der Waals surface area contributed by atoms with E-state index in [2.05, 4.69) is 15.6 Å². The Hall–Kier alpha value is -2.74. The minimum absolute atomic E-state index is 0.327. The van der Waals surface area contributed by atoms with Crippen LogP contribution in [0.25, 0.3) is 11.3 Å². The lowest BCUT2D eigenvalue weighted by atomic mass is 9.93. The van der Waals surface area contributed by atoms with E-state index >= 15 is 0 Å². The number of rotatable bonds is 6. The number of anilines is 1. The van der Waals surface area contributed by atoms with Crippen molar-refractivity contribution in [3.63, 3.8) is 0 Å². The molecule has 26 heavy (non-hydrogen) atoms. The highest BCUT2D eigenvalue weighted by Gasteiger charge is 2.49. The molecule has 1 aliphatic heterocycles. The third kappa shape index (κ3) is 3.32. The van der Waals surface area contributed by atoms with Crippen LogP contribution in [0.5, 0.6) is 0 Å². The smallest absolute Gasteiger partial charge is 0.323 e. The van der Waals surface area contributed by atoms with Crippen molar-refractivity contribution in [2.75, 3.05) is 11.9 Å². The number of imide groups is 1. The Labute approximate surface area is 155 Å². The van der Waals surface area contributed by atoms with Crippen LogP contribution in [0.2, 0.25) is 0 Å². The van der Waals surface area contributed by atoms with E-state index in [-0.39, 0.29) is 12.5 Å². The van der Waals surface area contributed by atoms with Crippen LogP contribution >= 0.6 is 11.3 Å². The first-order chi connectivity index (χ1) is 12.5. The van der Waals surface area contributed by atoms with Gasteiger partial charge in [-0.05, 0) is 12.8 Å². The van der Waals surface area contributed by atoms with E-state index in [0.29, 0.717) is 18.0 Å². The first-order valence-corrected chi connectivity index (χ1v) is 9.32. The Kier molecular flexibility index (Phi) is 5.03. The molecule has 2 aromatic rings. The normalized spacial score (nSPS) is 15.8. The second kappa shape index (κ2) is 7.25. The first kappa shape index (κ1) is 18.1. The van der Waals surface area contributed by atoms with Crippen molar-refractivity contribution in [1.29, 1.82) is 0 Å². The van der Waals surface area contributed by atoms with Crippen LogP contribution in [-0.2, 0) is 9.59 Å². The summed E-state index contributed by atoms with van der Waals surface area (Å²) in [6, 6.07) is 9.09. The molecule has 1 aromatic heterocycles. The van der Waals surface area contributed by atoms with Gasteiger partial charge in [-0.2, -0.15) is 0 Å². The molecule has 1 saturated heterocycles. The van der Waals surface area contributed by atoms with Crippen LogP contribution < -0.4 is 10.6 Å². The molecule has 8 heteroatoms. The molecule has 1 aromatic carbocycles. The molecule has 0 atom stereocenters. The van der Waals surface area contributed by atoms with Gasteiger partial charge in [0.2, 0.25) is 5.91 Å². The Morgan fingerprint density at radius 1 is 1.23 bits per heavy atom. The van der Waals surface area contributed by atoms with Crippen molar-refractivity contribution in [1.82, 2.24) is 15.2 Å². The number of urea groups is 1. The van der Waals surface area contributed by atoms with Crippen molar-refractivity contribution in [3.05, 3.63) is 35.7 Å². The van der Waals surface area contributed by atoms with Crippen LogP contribution in [0, 0.1) is 0 Å². The molecule has 1 aliphatic rings. The van der Waals surface area contributed by atoms with Crippen LogP contribution in [-0.4, -0.2) is 39.8 Å². The van der Waals surface area contributed by atoms with E-state index in [9.17, 15) is 14.4 Å². The lowest BCUT2D eigenvalue weighted by Gasteiger charge is -2.22. The number of hydrogen-bond donors (Lipinski definition) is 2. The van der Waals surface area contributed by atoms with Gasteiger partial charge in [-0.1, -0.05) is 44.2 Å². The van der Waals surface area contributed by atoms with Crippen molar-refractivity contribution in [2.45, 2.75) is 32.2 Å². The summed E-state index contributed by atoms with van der Waals surface area (Å²) in [6.45, 7) is 3.35. The van der Waals surface area contributed by atoms with Gasteiger partial charge in [0.25, 0.3) is 5.91 Å². The topological polar surface area (TPSA) is 91.4 Å².